The van der Waals surface area contributed by atoms with Crippen molar-refractivity contribution < 1.29 is 9.59 Å². The maximum absolute atomic E-state index is 11.9. The lowest BCUT2D eigenvalue weighted by Crippen LogP contribution is -2.57. The summed E-state index contributed by atoms with van der Waals surface area (Å²) in [5.74, 6) is 0.0191. The van der Waals surface area contributed by atoms with Crippen LogP contribution in [0.4, 0.5) is 0 Å². The Balaban J connectivity index is 2.06. The molecule has 5 heteroatoms. The van der Waals surface area contributed by atoms with Gasteiger partial charge >= 0.3 is 0 Å². The molecule has 3 atom stereocenters. The van der Waals surface area contributed by atoms with Crippen LogP contribution in [0, 0.1) is 0 Å². The molecule has 0 radical (unpaired) electrons. The number of amides is 2. The van der Waals surface area contributed by atoms with Gasteiger partial charge < -0.3 is 16.0 Å². The Kier molecular flexibility index (Phi) is 4.45. The van der Waals surface area contributed by atoms with E-state index >= 15 is 0 Å². The maximum Gasteiger partial charge on any atom is 0.236 e. The first-order chi connectivity index (χ1) is 9.00. The molecule has 19 heavy (non-hydrogen) atoms. The Bertz CT molecular complexity index is 353. The van der Waals surface area contributed by atoms with Crippen molar-refractivity contribution in [3.8, 4) is 0 Å². The fraction of sp³-hybridized carbons (Fsp3) is 0.857. The van der Waals surface area contributed by atoms with E-state index < -0.39 is 6.04 Å². The standard InChI is InChI=1S/C14H25N3O2/c1-9(15)14(19)16-12-5-3-4-6-13(12)17(10(2)18)11-7-8-11/h9,11-13H,3-8,15H2,1-2H3,(H,16,19). The molecular weight excluding hydrogens is 242 g/mol. The van der Waals surface area contributed by atoms with Gasteiger partial charge in [-0.1, -0.05) is 12.8 Å². The van der Waals surface area contributed by atoms with Crippen molar-refractivity contribution in [3.63, 3.8) is 0 Å². The second-order valence-electron chi connectivity index (χ2n) is 5.91. The number of rotatable bonds is 4. The van der Waals surface area contributed by atoms with Crippen molar-refractivity contribution in [2.75, 3.05) is 0 Å². The largest absolute Gasteiger partial charge is 0.350 e. The molecule has 0 saturated heterocycles. The zero-order valence-electron chi connectivity index (χ0n) is 11.9. The zero-order valence-corrected chi connectivity index (χ0v) is 11.9. The molecule has 3 unspecified atom stereocenters. The smallest absolute Gasteiger partial charge is 0.236 e. The Morgan fingerprint density at radius 3 is 2.37 bits per heavy atom. The number of hydrogen-bond donors (Lipinski definition) is 2. The third kappa shape index (κ3) is 3.47. The van der Waals surface area contributed by atoms with E-state index in [-0.39, 0.29) is 23.9 Å². The highest BCUT2D eigenvalue weighted by Crippen LogP contribution is 2.33. The minimum Gasteiger partial charge on any atom is -0.350 e. The second-order valence-corrected chi connectivity index (χ2v) is 5.91. The van der Waals surface area contributed by atoms with E-state index in [2.05, 4.69) is 5.32 Å². The van der Waals surface area contributed by atoms with Crippen LogP contribution in [0.5, 0.6) is 0 Å². The number of carbonyl (C=O) groups is 2. The third-order valence-electron chi connectivity index (χ3n) is 4.13. The first kappa shape index (κ1) is 14.3. The van der Waals surface area contributed by atoms with Gasteiger partial charge in [0.1, 0.15) is 0 Å². The predicted octanol–water partition coefficient (Wildman–Crippen LogP) is 0.772. The molecular formula is C14H25N3O2. The fourth-order valence-corrected chi connectivity index (χ4v) is 3.04. The molecule has 2 saturated carbocycles. The van der Waals surface area contributed by atoms with Crippen molar-refractivity contribution >= 4 is 11.8 Å². The summed E-state index contributed by atoms with van der Waals surface area (Å²) in [6.45, 7) is 3.33. The molecule has 108 valence electrons. The van der Waals surface area contributed by atoms with E-state index in [1.807, 2.05) is 4.90 Å². The van der Waals surface area contributed by atoms with Crippen LogP contribution in [-0.4, -0.2) is 40.9 Å². The van der Waals surface area contributed by atoms with E-state index in [4.69, 9.17) is 5.73 Å². The van der Waals surface area contributed by atoms with E-state index in [0.29, 0.717) is 6.04 Å². The molecule has 2 aliphatic rings. The lowest BCUT2D eigenvalue weighted by Gasteiger charge is -2.40. The normalized spacial score (nSPS) is 28.6. The van der Waals surface area contributed by atoms with Crippen LogP contribution < -0.4 is 11.1 Å². The predicted molar refractivity (Wildman–Crippen MR) is 73.4 cm³/mol. The van der Waals surface area contributed by atoms with Crippen LogP contribution in [0.15, 0.2) is 0 Å². The van der Waals surface area contributed by atoms with Gasteiger partial charge in [-0.25, -0.2) is 0 Å². The molecule has 2 fully saturated rings. The van der Waals surface area contributed by atoms with Gasteiger partial charge in [0.2, 0.25) is 11.8 Å². The molecule has 5 nitrogen and oxygen atoms in total. The van der Waals surface area contributed by atoms with Gasteiger partial charge in [-0.05, 0) is 32.6 Å². The summed E-state index contributed by atoms with van der Waals surface area (Å²) < 4.78 is 0. The number of hydrogen-bond acceptors (Lipinski definition) is 3. The molecule has 0 spiro atoms. The fourth-order valence-electron chi connectivity index (χ4n) is 3.04. The SMILES string of the molecule is CC(=O)N(C1CC1)C1CCCCC1NC(=O)C(C)N. The lowest BCUT2D eigenvalue weighted by molar-refractivity contribution is -0.134. The van der Waals surface area contributed by atoms with Gasteiger partial charge in [0.25, 0.3) is 0 Å². The van der Waals surface area contributed by atoms with Gasteiger partial charge in [0.15, 0.2) is 0 Å². The van der Waals surface area contributed by atoms with Crippen molar-refractivity contribution in [1.29, 1.82) is 0 Å². The van der Waals surface area contributed by atoms with Crippen molar-refractivity contribution in [2.45, 2.75) is 76.5 Å². The Morgan fingerprint density at radius 1 is 1.21 bits per heavy atom. The molecule has 0 aromatic carbocycles. The third-order valence-corrected chi connectivity index (χ3v) is 4.13. The number of nitrogens with one attached hydrogen (secondary N) is 1. The summed E-state index contributed by atoms with van der Waals surface area (Å²) in [6, 6.07) is 0.128. The lowest BCUT2D eigenvalue weighted by atomic mass is 9.88. The molecule has 3 N–H and O–H groups in total. The van der Waals surface area contributed by atoms with Gasteiger partial charge in [0.05, 0.1) is 12.1 Å². The Hall–Kier alpha value is -1.10. The number of nitrogens with two attached hydrogens (primary N) is 1. The van der Waals surface area contributed by atoms with Crippen LogP contribution in [0.25, 0.3) is 0 Å². The zero-order chi connectivity index (χ0) is 14.0. The van der Waals surface area contributed by atoms with Gasteiger partial charge in [-0.3, -0.25) is 9.59 Å². The monoisotopic (exact) mass is 267 g/mol. The second kappa shape index (κ2) is 5.90. The van der Waals surface area contributed by atoms with Crippen molar-refractivity contribution in [2.24, 2.45) is 5.73 Å². The highest BCUT2D eigenvalue weighted by Gasteiger charge is 2.40. The van der Waals surface area contributed by atoms with Crippen molar-refractivity contribution in [1.82, 2.24) is 10.2 Å². The molecule has 2 aliphatic carbocycles. The first-order valence-corrected chi connectivity index (χ1v) is 7.35. The topological polar surface area (TPSA) is 75.4 Å². The van der Waals surface area contributed by atoms with Crippen LogP contribution in [-0.2, 0) is 9.59 Å². The van der Waals surface area contributed by atoms with Gasteiger partial charge in [-0.2, -0.15) is 0 Å². The summed E-state index contributed by atoms with van der Waals surface area (Å²) in [6.07, 6.45) is 6.37. The summed E-state index contributed by atoms with van der Waals surface area (Å²) in [5.41, 5.74) is 5.61. The number of carbonyl (C=O) groups excluding carboxylic acids is 2. The quantitative estimate of drug-likeness (QED) is 0.790. The molecule has 0 aromatic rings. The Labute approximate surface area is 114 Å². The van der Waals surface area contributed by atoms with E-state index in [9.17, 15) is 9.59 Å². The minimum absolute atomic E-state index is 0.0664. The van der Waals surface area contributed by atoms with Gasteiger partial charge in [-0.15, -0.1) is 0 Å². The van der Waals surface area contributed by atoms with Crippen molar-refractivity contribution in [3.05, 3.63) is 0 Å². The average molecular weight is 267 g/mol. The molecule has 2 amide bonds. The van der Waals surface area contributed by atoms with E-state index in [0.717, 1.165) is 38.5 Å². The molecule has 0 bridgehead atoms. The van der Waals surface area contributed by atoms with Crippen LogP contribution >= 0.6 is 0 Å². The van der Waals surface area contributed by atoms with E-state index in [1.165, 1.54) is 0 Å². The molecule has 2 rings (SSSR count). The highest BCUT2D eigenvalue weighted by atomic mass is 16.2. The Morgan fingerprint density at radius 2 is 1.84 bits per heavy atom. The molecule has 0 aliphatic heterocycles. The first-order valence-electron chi connectivity index (χ1n) is 7.35. The summed E-state index contributed by atoms with van der Waals surface area (Å²) in [7, 11) is 0. The summed E-state index contributed by atoms with van der Waals surface area (Å²) in [5, 5.41) is 3.03. The summed E-state index contributed by atoms with van der Waals surface area (Å²) in [4.78, 5) is 25.7. The van der Waals surface area contributed by atoms with Crippen LogP contribution in [0.1, 0.15) is 52.4 Å². The molecule has 0 heterocycles. The van der Waals surface area contributed by atoms with E-state index in [1.54, 1.807) is 13.8 Å². The number of nitrogens with zero attached hydrogens (tertiary/aromatic N) is 1. The minimum atomic E-state index is -0.491. The van der Waals surface area contributed by atoms with Crippen LogP contribution in [0.2, 0.25) is 0 Å². The van der Waals surface area contributed by atoms with Gasteiger partial charge in [0, 0.05) is 19.0 Å². The average Bonchev–Trinajstić information content (AvgIpc) is 3.15. The summed E-state index contributed by atoms with van der Waals surface area (Å²) >= 11 is 0. The highest BCUT2D eigenvalue weighted by molar-refractivity contribution is 5.81. The maximum atomic E-state index is 11.9. The molecule has 0 aromatic heterocycles. The van der Waals surface area contributed by atoms with Crippen LogP contribution in [0.3, 0.4) is 0 Å².